The Labute approximate surface area is 247 Å². The largest absolute Gasteiger partial charge is 0.487 e. The topological polar surface area (TPSA) is 151 Å². The van der Waals surface area contributed by atoms with Crippen LogP contribution in [0, 0.1) is 10.1 Å². The van der Waals surface area contributed by atoms with E-state index in [0.29, 0.717) is 47.9 Å². The summed E-state index contributed by atoms with van der Waals surface area (Å²) in [6.45, 7) is 6.56. The summed E-state index contributed by atoms with van der Waals surface area (Å²) in [5, 5.41) is 15.7. The molecule has 2 aromatic carbocycles. The Kier molecular flexibility index (Phi) is 8.81. The normalized spacial score (nSPS) is 15.1. The van der Waals surface area contributed by atoms with Crippen LogP contribution >= 0.6 is 0 Å². The highest BCUT2D eigenvalue weighted by atomic mass is 16.6. The molecule has 1 fully saturated rings. The molecule has 0 saturated carbocycles. The molecule has 1 N–H and O–H groups in total. The van der Waals surface area contributed by atoms with E-state index in [1.54, 1.807) is 39.1 Å². The zero-order valence-electron chi connectivity index (χ0n) is 24.1. The molecule has 1 aliphatic rings. The van der Waals surface area contributed by atoms with Gasteiger partial charge >= 0.3 is 11.8 Å². The van der Waals surface area contributed by atoms with Crippen molar-refractivity contribution in [1.29, 1.82) is 0 Å². The van der Waals surface area contributed by atoms with Crippen LogP contribution in [0.5, 0.6) is 11.5 Å². The maximum Gasteiger partial charge on any atom is 0.410 e. The lowest BCUT2D eigenvalue weighted by Crippen LogP contribution is -2.52. The fraction of sp³-hybridized carbons (Fsp3) is 0.333. The van der Waals surface area contributed by atoms with Crippen LogP contribution in [-0.4, -0.2) is 68.9 Å². The number of anilines is 2. The number of amides is 1. The molecule has 1 atom stereocenters. The van der Waals surface area contributed by atoms with E-state index in [1.165, 1.54) is 23.4 Å². The summed E-state index contributed by atoms with van der Waals surface area (Å²) in [4.78, 5) is 38.6. The Balaban J connectivity index is 1.31. The number of carbonyl (C=O) groups excluding carboxylic acids is 1. The summed E-state index contributed by atoms with van der Waals surface area (Å²) < 4.78 is 22.8. The van der Waals surface area contributed by atoms with Crippen molar-refractivity contribution in [1.82, 2.24) is 19.9 Å². The number of ether oxygens (including phenoxy) is 4. The van der Waals surface area contributed by atoms with Crippen LogP contribution < -0.4 is 14.8 Å². The number of fused-ring (bicyclic) bond motifs is 1. The molecule has 13 heteroatoms. The molecule has 0 radical (unpaired) electrons. The molecular formula is C30H32N6O7. The predicted octanol–water partition coefficient (Wildman–Crippen LogP) is 5.27. The molecule has 224 valence electrons. The molecule has 2 aromatic heterocycles. The first-order valence-corrected chi connectivity index (χ1v) is 13.7. The lowest BCUT2D eigenvalue weighted by molar-refractivity contribution is -0.385. The van der Waals surface area contributed by atoms with Crippen molar-refractivity contribution < 1.29 is 28.7 Å². The second kappa shape index (κ2) is 12.9. The van der Waals surface area contributed by atoms with Gasteiger partial charge in [0.2, 0.25) is 0 Å². The van der Waals surface area contributed by atoms with Gasteiger partial charge in [-0.3, -0.25) is 20.0 Å². The SMILES string of the molecule is CC(C)(C)OC(=O)N1CCOCC1COc1cc2ncnc(Nc3ccc(OCc4ccccn4)cc3)c2cc1[N+](=O)[O-]. The third-order valence-corrected chi connectivity index (χ3v) is 6.43. The number of nitrogens with zero attached hydrogens (tertiary/aromatic N) is 5. The molecule has 1 aliphatic heterocycles. The number of rotatable bonds is 9. The first kappa shape index (κ1) is 29.5. The van der Waals surface area contributed by atoms with Crippen molar-refractivity contribution in [3.05, 3.63) is 82.9 Å². The Morgan fingerprint density at radius 1 is 1.12 bits per heavy atom. The van der Waals surface area contributed by atoms with E-state index in [1.807, 2.05) is 30.3 Å². The van der Waals surface area contributed by atoms with E-state index in [9.17, 15) is 14.9 Å². The number of nitrogens with one attached hydrogen (secondary N) is 1. The zero-order valence-corrected chi connectivity index (χ0v) is 24.1. The minimum Gasteiger partial charge on any atom is -0.487 e. The average molecular weight is 589 g/mol. The van der Waals surface area contributed by atoms with Crippen molar-refractivity contribution in [3.8, 4) is 11.5 Å². The summed E-state index contributed by atoms with van der Waals surface area (Å²) in [7, 11) is 0. The van der Waals surface area contributed by atoms with Gasteiger partial charge in [0, 0.05) is 30.6 Å². The van der Waals surface area contributed by atoms with Crippen molar-refractivity contribution in [3.63, 3.8) is 0 Å². The highest BCUT2D eigenvalue weighted by Gasteiger charge is 2.32. The van der Waals surface area contributed by atoms with Gasteiger partial charge in [-0.05, 0) is 57.2 Å². The second-order valence-electron chi connectivity index (χ2n) is 10.8. The van der Waals surface area contributed by atoms with Crippen LogP contribution in [0.25, 0.3) is 10.9 Å². The van der Waals surface area contributed by atoms with Gasteiger partial charge in [0.1, 0.15) is 36.7 Å². The summed E-state index contributed by atoms with van der Waals surface area (Å²) in [6.07, 6.45) is 2.58. The number of hydrogen-bond donors (Lipinski definition) is 1. The van der Waals surface area contributed by atoms with Gasteiger partial charge in [0.15, 0.2) is 5.75 Å². The molecule has 0 bridgehead atoms. The fourth-order valence-corrected chi connectivity index (χ4v) is 4.38. The number of morpholine rings is 1. The van der Waals surface area contributed by atoms with Crippen LogP contribution in [-0.2, 0) is 16.1 Å². The van der Waals surface area contributed by atoms with E-state index in [0.717, 1.165) is 5.69 Å². The van der Waals surface area contributed by atoms with Crippen LogP contribution in [0.3, 0.4) is 0 Å². The Hall–Kier alpha value is -5.04. The number of hydrogen-bond acceptors (Lipinski definition) is 11. The number of nitro groups is 1. The van der Waals surface area contributed by atoms with Crippen LogP contribution in [0.2, 0.25) is 0 Å². The van der Waals surface area contributed by atoms with E-state index in [2.05, 4.69) is 20.3 Å². The Bertz CT molecular complexity index is 1580. The van der Waals surface area contributed by atoms with E-state index >= 15 is 0 Å². The summed E-state index contributed by atoms with van der Waals surface area (Å²) in [6, 6.07) is 15.3. The first-order valence-electron chi connectivity index (χ1n) is 13.7. The minimum absolute atomic E-state index is 0.0197. The van der Waals surface area contributed by atoms with Gasteiger partial charge < -0.3 is 24.3 Å². The molecule has 13 nitrogen and oxygen atoms in total. The van der Waals surface area contributed by atoms with Gasteiger partial charge in [0.25, 0.3) is 0 Å². The van der Waals surface area contributed by atoms with Crippen LogP contribution in [0.15, 0.2) is 67.1 Å². The number of aromatic nitrogens is 3. The number of pyridine rings is 1. The van der Waals surface area contributed by atoms with Gasteiger partial charge in [0.05, 0.1) is 40.8 Å². The Morgan fingerprint density at radius 2 is 1.93 bits per heavy atom. The molecular weight excluding hydrogens is 556 g/mol. The number of benzene rings is 2. The quantitative estimate of drug-likeness (QED) is 0.201. The summed E-state index contributed by atoms with van der Waals surface area (Å²) >= 11 is 0. The second-order valence-corrected chi connectivity index (χ2v) is 10.8. The molecule has 5 rings (SSSR count). The number of nitro benzene ring substituents is 1. The van der Waals surface area contributed by atoms with Crippen LogP contribution in [0.1, 0.15) is 26.5 Å². The monoisotopic (exact) mass is 588 g/mol. The first-order chi connectivity index (χ1) is 20.7. The van der Waals surface area contributed by atoms with Gasteiger partial charge in [-0.1, -0.05) is 6.07 Å². The standard InChI is InChI=1S/C30H32N6O7/c1-30(2,3)43-29(37)35-12-13-40-17-22(35)18-42-27-15-25-24(14-26(27)36(38)39)28(33-19-32-25)34-20-7-9-23(10-8-20)41-16-21-6-4-5-11-31-21/h4-11,14-15,19,22H,12-13,16-18H2,1-3H3,(H,32,33,34). The number of carbonyl (C=O) groups is 1. The van der Waals surface area contributed by atoms with E-state index in [4.69, 9.17) is 18.9 Å². The molecule has 3 heterocycles. The maximum absolute atomic E-state index is 12.7. The average Bonchev–Trinajstić information content (AvgIpc) is 2.99. The van der Waals surface area contributed by atoms with Crippen molar-refractivity contribution in [2.45, 2.75) is 39.0 Å². The molecule has 1 amide bonds. The highest BCUT2D eigenvalue weighted by molar-refractivity contribution is 5.93. The smallest absolute Gasteiger partial charge is 0.410 e. The Morgan fingerprint density at radius 3 is 2.65 bits per heavy atom. The van der Waals surface area contributed by atoms with Crippen molar-refractivity contribution in [2.75, 3.05) is 31.7 Å². The third-order valence-electron chi connectivity index (χ3n) is 6.43. The van der Waals surface area contributed by atoms with Crippen LogP contribution in [0.4, 0.5) is 22.0 Å². The third kappa shape index (κ3) is 7.63. The van der Waals surface area contributed by atoms with E-state index in [-0.39, 0.29) is 24.7 Å². The lowest BCUT2D eigenvalue weighted by atomic mass is 10.2. The van der Waals surface area contributed by atoms with Crippen molar-refractivity contribution >= 4 is 34.2 Å². The molecule has 4 aromatic rings. The summed E-state index contributed by atoms with van der Waals surface area (Å²) in [5.74, 6) is 1.07. The highest BCUT2D eigenvalue weighted by Crippen LogP contribution is 2.35. The lowest BCUT2D eigenvalue weighted by Gasteiger charge is -2.36. The maximum atomic E-state index is 12.7. The molecule has 43 heavy (non-hydrogen) atoms. The van der Waals surface area contributed by atoms with Gasteiger partial charge in [-0.2, -0.15) is 0 Å². The molecule has 1 saturated heterocycles. The minimum atomic E-state index is -0.667. The van der Waals surface area contributed by atoms with Gasteiger partial charge in [-0.25, -0.2) is 14.8 Å². The molecule has 0 spiro atoms. The predicted molar refractivity (Wildman–Crippen MR) is 158 cm³/mol. The van der Waals surface area contributed by atoms with Gasteiger partial charge in [-0.15, -0.1) is 0 Å². The zero-order chi connectivity index (χ0) is 30.4. The summed E-state index contributed by atoms with van der Waals surface area (Å²) in [5.41, 5.74) is 1.03. The molecule has 1 unspecified atom stereocenters. The molecule has 0 aliphatic carbocycles. The fourth-order valence-electron chi connectivity index (χ4n) is 4.38. The van der Waals surface area contributed by atoms with Crippen molar-refractivity contribution in [2.24, 2.45) is 0 Å². The van der Waals surface area contributed by atoms with E-state index < -0.39 is 22.7 Å².